The number of nitrogens with two attached hydrogens (primary N) is 1. The van der Waals surface area contributed by atoms with Crippen molar-refractivity contribution in [2.24, 2.45) is 5.73 Å². The maximum absolute atomic E-state index is 13.1. The third-order valence-electron chi connectivity index (χ3n) is 2.43. The van der Waals surface area contributed by atoms with Crippen molar-refractivity contribution in [3.8, 4) is 0 Å². The second kappa shape index (κ2) is 7.30. The number of anilines is 1. The van der Waals surface area contributed by atoms with E-state index in [0.29, 0.717) is 25.2 Å². The number of hydrogen-bond acceptors (Lipinski definition) is 3. The molecule has 0 aliphatic heterocycles. The monoisotopic (exact) mass is 280 g/mol. The van der Waals surface area contributed by atoms with Crippen LogP contribution in [0.2, 0.25) is 0 Å². The Bertz CT molecular complexity index is 384. The average Bonchev–Trinajstić information content (AvgIpc) is 2.32. The van der Waals surface area contributed by atoms with Gasteiger partial charge in [-0.3, -0.25) is 4.74 Å². The largest absolute Gasteiger partial charge is 0.522 e. The summed E-state index contributed by atoms with van der Waals surface area (Å²) in [5, 5.41) is 0. The molecule has 3 nitrogen and oxygen atoms in total. The van der Waals surface area contributed by atoms with Gasteiger partial charge < -0.3 is 10.6 Å². The van der Waals surface area contributed by atoms with Crippen molar-refractivity contribution in [1.29, 1.82) is 0 Å². The quantitative estimate of drug-likeness (QED) is 0.780. The number of rotatable bonds is 7. The third kappa shape index (κ3) is 6.40. The topological polar surface area (TPSA) is 38.5 Å². The summed E-state index contributed by atoms with van der Waals surface area (Å²) < 4.78 is 52.5. The first-order valence-corrected chi connectivity index (χ1v) is 5.83. The molecular weight excluding hydrogens is 264 g/mol. The highest BCUT2D eigenvalue weighted by molar-refractivity contribution is 5.46. The van der Waals surface area contributed by atoms with Gasteiger partial charge in [-0.1, -0.05) is 6.07 Å². The molecule has 0 saturated heterocycles. The highest BCUT2D eigenvalue weighted by atomic mass is 19.4. The van der Waals surface area contributed by atoms with Crippen molar-refractivity contribution in [2.45, 2.75) is 12.8 Å². The van der Waals surface area contributed by atoms with E-state index < -0.39 is 18.8 Å². The molecule has 19 heavy (non-hydrogen) atoms. The van der Waals surface area contributed by atoms with Gasteiger partial charge in [-0.25, -0.2) is 4.39 Å². The molecule has 0 spiro atoms. The molecule has 0 amide bonds. The summed E-state index contributed by atoms with van der Waals surface area (Å²) in [6.07, 6.45) is -4.05. The van der Waals surface area contributed by atoms with E-state index >= 15 is 0 Å². The first kappa shape index (κ1) is 15.7. The Balaban J connectivity index is 2.61. The smallest absolute Gasteiger partial charge is 0.369 e. The van der Waals surface area contributed by atoms with Gasteiger partial charge in [0.05, 0.1) is 6.61 Å². The molecular formula is C12H16F4N2O. The van der Waals surface area contributed by atoms with Gasteiger partial charge in [-0.2, -0.15) is 0 Å². The Morgan fingerprint density at radius 1 is 1.21 bits per heavy atom. The zero-order valence-electron chi connectivity index (χ0n) is 10.3. The number of alkyl halides is 3. The Hall–Kier alpha value is -1.34. The fourth-order valence-electron chi connectivity index (χ4n) is 1.60. The molecule has 0 bridgehead atoms. The highest BCUT2D eigenvalue weighted by Crippen LogP contribution is 2.18. The lowest BCUT2D eigenvalue weighted by molar-refractivity contribution is -0.323. The maximum atomic E-state index is 13.1. The van der Waals surface area contributed by atoms with Gasteiger partial charge in [0, 0.05) is 18.8 Å². The predicted octanol–water partition coefficient (Wildman–Crippen LogP) is 2.52. The van der Waals surface area contributed by atoms with E-state index in [0.717, 1.165) is 0 Å². The van der Waals surface area contributed by atoms with Crippen LogP contribution >= 0.6 is 0 Å². The summed E-state index contributed by atoms with van der Waals surface area (Å²) in [6.45, 7) is 0.362. The molecule has 1 aromatic rings. The molecule has 0 aliphatic carbocycles. The molecule has 7 heteroatoms. The van der Waals surface area contributed by atoms with Crippen LogP contribution in [0.3, 0.4) is 0 Å². The molecule has 0 heterocycles. The van der Waals surface area contributed by atoms with Gasteiger partial charge in [0.2, 0.25) is 0 Å². The molecule has 0 saturated carbocycles. The lowest BCUT2D eigenvalue weighted by atomic mass is 10.2. The second-order valence-electron chi connectivity index (χ2n) is 3.90. The van der Waals surface area contributed by atoms with E-state index in [-0.39, 0.29) is 6.54 Å². The maximum Gasteiger partial charge on any atom is 0.522 e. The fraction of sp³-hybridized carbons (Fsp3) is 0.500. The van der Waals surface area contributed by atoms with Gasteiger partial charge in [0.25, 0.3) is 0 Å². The summed E-state index contributed by atoms with van der Waals surface area (Å²) >= 11 is 0. The third-order valence-corrected chi connectivity index (χ3v) is 2.43. The summed E-state index contributed by atoms with van der Waals surface area (Å²) in [6, 6.07) is 5.68. The Kier molecular flexibility index (Phi) is 6.04. The number of benzene rings is 1. The van der Waals surface area contributed by atoms with Crippen molar-refractivity contribution >= 4 is 5.69 Å². The van der Waals surface area contributed by atoms with Crippen LogP contribution in [0.4, 0.5) is 23.2 Å². The molecule has 108 valence electrons. The van der Waals surface area contributed by atoms with E-state index in [1.807, 2.05) is 0 Å². The van der Waals surface area contributed by atoms with Crippen LogP contribution in [0.25, 0.3) is 0 Å². The van der Waals surface area contributed by atoms with Crippen molar-refractivity contribution in [2.75, 3.05) is 31.1 Å². The number of halogens is 4. The van der Waals surface area contributed by atoms with Gasteiger partial charge in [-0.05, 0) is 31.2 Å². The van der Waals surface area contributed by atoms with E-state index in [1.165, 1.54) is 18.2 Å². The highest BCUT2D eigenvalue weighted by Gasteiger charge is 2.28. The minimum absolute atomic E-state index is 0.0168. The summed E-state index contributed by atoms with van der Waals surface area (Å²) in [7, 11) is 0. The summed E-state index contributed by atoms with van der Waals surface area (Å²) in [4.78, 5) is 1.61. The van der Waals surface area contributed by atoms with Crippen molar-refractivity contribution in [1.82, 2.24) is 0 Å². The molecule has 0 fully saturated rings. The van der Waals surface area contributed by atoms with Gasteiger partial charge in [-0.15, -0.1) is 13.2 Å². The lowest BCUT2D eigenvalue weighted by Crippen LogP contribution is -2.31. The molecule has 0 aromatic heterocycles. The van der Waals surface area contributed by atoms with Gasteiger partial charge in [0.15, 0.2) is 0 Å². The fourth-order valence-corrected chi connectivity index (χ4v) is 1.60. The van der Waals surface area contributed by atoms with Gasteiger partial charge >= 0.3 is 6.36 Å². The molecule has 0 aliphatic rings. The Morgan fingerprint density at radius 3 is 2.53 bits per heavy atom. The Morgan fingerprint density at radius 2 is 1.95 bits per heavy atom. The van der Waals surface area contributed by atoms with Crippen LogP contribution in [0.5, 0.6) is 0 Å². The number of ether oxygens (including phenoxy) is 1. The molecule has 0 radical (unpaired) electrons. The van der Waals surface area contributed by atoms with Gasteiger partial charge in [0.1, 0.15) is 5.82 Å². The Labute approximate surface area is 108 Å². The summed E-state index contributed by atoms with van der Waals surface area (Å²) in [5.41, 5.74) is 5.88. The van der Waals surface area contributed by atoms with E-state index in [9.17, 15) is 17.6 Å². The minimum atomic E-state index is -4.65. The van der Waals surface area contributed by atoms with Crippen LogP contribution in [0.15, 0.2) is 24.3 Å². The van der Waals surface area contributed by atoms with Crippen LogP contribution in [0, 0.1) is 5.82 Å². The molecule has 2 N–H and O–H groups in total. The van der Waals surface area contributed by atoms with Crippen LogP contribution < -0.4 is 10.6 Å². The van der Waals surface area contributed by atoms with Crippen LogP contribution in [-0.4, -0.2) is 32.6 Å². The van der Waals surface area contributed by atoms with Crippen molar-refractivity contribution < 1.29 is 22.3 Å². The zero-order chi connectivity index (χ0) is 14.3. The zero-order valence-corrected chi connectivity index (χ0v) is 10.3. The molecule has 0 unspecified atom stereocenters. The minimum Gasteiger partial charge on any atom is -0.369 e. The molecule has 1 rings (SSSR count). The number of nitrogens with zero attached hydrogens (tertiary/aromatic N) is 1. The number of hydrogen-bond donors (Lipinski definition) is 1. The SMILES string of the molecule is NCCCN(CCOC(F)(F)F)c1cccc(F)c1. The predicted molar refractivity (Wildman–Crippen MR) is 64.3 cm³/mol. The normalized spacial score (nSPS) is 11.6. The van der Waals surface area contributed by atoms with E-state index in [4.69, 9.17) is 5.73 Å². The van der Waals surface area contributed by atoms with E-state index in [2.05, 4.69) is 4.74 Å². The van der Waals surface area contributed by atoms with Crippen LogP contribution in [-0.2, 0) is 4.74 Å². The van der Waals surface area contributed by atoms with E-state index in [1.54, 1.807) is 11.0 Å². The first-order valence-electron chi connectivity index (χ1n) is 5.83. The van der Waals surface area contributed by atoms with Crippen molar-refractivity contribution in [3.05, 3.63) is 30.1 Å². The lowest BCUT2D eigenvalue weighted by Gasteiger charge is -2.24. The summed E-state index contributed by atoms with van der Waals surface area (Å²) in [5.74, 6) is -0.438. The van der Waals surface area contributed by atoms with Crippen molar-refractivity contribution in [3.63, 3.8) is 0 Å². The average molecular weight is 280 g/mol. The standard InChI is InChI=1S/C12H16F4N2O/c13-10-3-1-4-11(9-10)18(6-2-5-17)7-8-19-12(14,15)16/h1,3-4,9H,2,5-8,17H2. The van der Waals surface area contributed by atoms with Crippen LogP contribution in [0.1, 0.15) is 6.42 Å². The molecule has 0 atom stereocenters. The second-order valence-corrected chi connectivity index (χ2v) is 3.90. The molecule has 1 aromatic carbocycles. The first-order chi connectivity index (χ1) is 8.92.